The van der Waals surface area contributed by atoms with Crippen LogP contribution in [-0.2, 0) is 49.9 Å². The highest BCUT2D eigenvalue weighted by atomic mass is 32.2. The molecule has 0 radical (unpaired) electrons. The average molecular weight is 913 g/mol. The lowest BCUT2D eigenvalue weighted by Gasteiger charge is -2.29. The summed E-state index contributed by atoms with van der Waals surface area (Å²) in [5.41, 5.74) is 3.59. The van der Waals surface area contributed by atoms with Gasteiger partial charge in [0.1, 0.15) is 22.9 Å². The van der Waals surface area contributed by atoms with E-state index in [2.05, 4.69) is 31.6 Å². The van der Waals surface area contributed by atoms with E-state index in [0.717, 1.165) is 30.2 Å². The molecule has 2 fully saturated rings. The van der Waals surface area contributed by atoms with E-state index in [1.165, 1.54) is 9.47 Å². The largest absolute Gasteiger partial charge is 0.444 e. The third kappa shape index (κ3) is 11.2. The fourth-order valence-corrected chi connectivity index (χ4v) is 9.05. The third-order valence-electron chi connectivity index (χ3n) is 11.6. The van der Waals surface area contributed by atoms with Crippen LogP contribution in [0, 0.1) is 5.92 Å². The Kier molecular flexibility index (Phi) is 13.5. The van der Waals surface area contributed by atoms with E-state index in [-0.39, 0.29) is 73.2 Å². The number of hydrogen-bond donors (Lipinski definition) is 6. The van der Waals surface area contributed by atoms with Crippen LogP contribution < -0.4 is 32.1 Å². The molecule has 2 aromatic carbocycles. The maximum atomic E-state index is 14.0. The molecule has 4 aromatic rings. The molecule has 2 aliphatic heterocycles. The number of rotatable bonds is 17. The quantitative estimate of drug-likeness (QED) is 0.0659. The van der Waals surface area contributed by atoms with Gasteiger partial charge in [0.25, 0.3) is 23.3 Å². The number of carbonyl (C=O) groups excluding carboxylic acids is 6. The fourth-order valence-electron chi connectivity index (χ4n) is 8.25. The van der Waals surface area contributed by atoms with Crippen molar-refractivity contribution in [2.75, 3.05) is 37.8 Å². The predicted molar refractivity (Wildman–Crippen MR) is 243 cm³/mol. The van der Waals surface area contributed by atoms with Gasteiger partial charge in [-0.15, -0.1) is 0 Å². The van der Waals surface area contributed by atoms with Crippen molar-refractivity contribution < 1.29 is 41.9 Å². The summed E-state index contributed by atoms with van der Waals surface area (Å²) in [5, 5.41) is 14.5. The molecule has 1 unspecified atom stereocenters. The van der Waals surface area contributed by atoms with Gasteiger partial charge < -0.3 is 40.5 Å². The Hall–Kier alpha value is -6.50. The lowest BCUT2D eigenvalue weighted by molar-refractivity contribution is -0.136. The van der Waals surface area contributed by atoms with Crippen LogP contribution in [-0.4, -0.2) is 103 Å². The molecule has 65 heavy (non-hydrogen) atoms. The number of aromatic amines is 1. The zero-order chi connectivity index (χ0) is 46.8. The maximum Gasteiger partial charge on any atom is 0.407 e. The number of benzene rings is 2. The van der Waals surface area contributed by atoms with Crippen LogP contribution in [0.15, 0.2) is 47.4 Å². The van der Waals surface area contributed by atoms with E-state index in [9.17, 15) is 42.0 Å². The Morgan fingerprint density at radius 2 is 1.62 bits per heavy atom. The number of piperidine rings is 1. The van der Waals surface area contributed by atoms with Crippen molar-refractivity contribution in [3.8, 4) is 11.1 Å². The van der Waals surface area contributed by atoms with Crippen molar-refractivity contribution in [2.24, 2.45) is 13.0 Å². The van der Waals surface area contributed by atoms with Crippen LogP contribution in [0.25, 0.3) is 22.0 Å². The smallest absolute Gasteiger partial charge is 0.407 e. The number of amides is 6. The van der Waals surface area contributed by atoms with Gasteiger partial charge in [0, 0.05) is 92.0 Å². The van der Waals surface area contributed by atoms with Crippen molar-refractivity contribution in [3.05, 3.63) is 86.5 Å². The summed E-state index contributed by atoms with van der Waals surface area (Å²) in [5.74, 6) is -2.04. The van der Waals surface area contributed by atoms with E-state index in [4.69, 9.17) is 4.74 Å². The molecule has 4 heterocycles. The van der Waals surface area contributed by atoms with Crippen molar-refractivity contribution in [1.82, 2.24) is 35.7 Å². The Bertz CT molecular complexity index is 2750. The van der Waals surface area contributed by atoms with E-state index in [1.54, 1.807) is 58.3 Å². The van der Waals surface area contributed by atoms with Crippen LogP contribution in [0.5, 0.6) is 0 Å². The van der Waals surface area contributed by atoms with Crippen molar-refractivity contribution in [2.45, 2.75) is 89.7 Å². The first kappa shape index (κ1) is 46.5. The van der Waals surface area contributed by atoms with Crippen LogP contribution in [0.3, 0.4) is 0 Å². The maximum absolute atomic E-state index is 14.0. The van der Waals surface area contributed by atoms with Crippen LogP contribution in [0.1, 0.15) is 107 Å². The van der Waals surface area contributed by atoms with Gasteiger partial charge in [0.05, 0.1) is 5.75 Å². The number of anilines is 1. The Morgan fingerprint density at radius 3 is 2.32 bits per heavy atom. The van der Waals surface area contributed by atoms with Crippen LogP contribution in [0.2, 0.25) is 0 Å². The second-order valence-corrected chi connectivity index (χ2v) is 20.3. The van der Waals surface area contributed by atoms with Gasteiger partial charge in [-0.2, -0.15) is 0 Å². The van der Waals surface area contributed by atoms with E-state index in [0.29, 0.717) is 59.5 Å². The van der Waals surface area contributed by atoms with Crippen molar-refractivity contribution in [3.63, 3.8) is 0 Å². The SMILES string of the molecule is Cn1cc(-c2cc(CS(C)(=O)=O)c(C(=O)NCCCCc3cccc4c3CN(C3CCC(=O)NC3=O)C4=O)cc2NCC2CC2)c2cc(C(=O)NCCNC(=O)OC(C)(C)C)[nH]c2c1=O. The fraction of sp³-hybridized carbons (Fsp3) is 0.457. The van der Waals surface area contributed by atoms with Gasteiger partial charge in [0.15, 0.2) is 9.84 Å². The van der Waals surface area contributed by atoms with Gasteiger partial charge in [-0.05, 0) is 106 Å². The van der Waals surface area contributed by atoms with Crippen LogP contribution in [0.4, 0.5) is 10.5 Å². The first-order chi connectivity index (χ1) is 30.8. The Labute approximate surface area is 376 Å². The highest BCUT2D eigenvalue weighted by molar-refractivity contribution is 7.89. The summed E-state index contributed by atoms with van der Waals surface area (Å²) >= 11 is 0. The molecule has 346 valence electrons. The van der Waals surface area contributed by atoms with Crippen molar-refractivity contribution in [1.29, 1.82) is 0 Å². The first-order valence-corrected chi connectivity index (χ1v) is 23.9. The standard InChI is InChI=1S/C46H56N8O10S/c1-46(2,3)64-45(61)49-18-17-48-41(57)36-21-32-34(23-53(4)44(60)39(32)51-36)31-19-28(25-65(5,62)63)30(20-35(31)50-22-26-12-13-26)40(56)47-16-7-6-9-27-10-8-11-29-33(27)24-54(43(29)59)37-14-15-38(55)52-42(37)58/h8,10-11,19-21,23,26,37,50-51H,6-7,9,12-18,22,24-25H2,1-5H3,(H,47,56)(H,48,57)(H,49,61)(H,52,55,58). The summed E-state index contributed by atoms with van der Waals surface area (Å²) in [7, 11) is -2.07. The molecule has 1 atom stereocenters. The van der Waals surface area contributed by atoms with Gasteiger partial charge in [-0.3, -0.25) is 34.1 Å². The summed E-state index contributed by atoms with van der Waals surface area (Å²) in [6, 6.07) is 9.67. The number of sulfone groups is 1. The number of carbonyl (C=O) groups is 6. The summed E-state index contributed by atoms with van der Waals surface area (Å²) < 4.78 is 32.3. The molecule has 19 heteroatoms. The summed E-state index contributed by atoms with van der Waals surface area (Å²) in [4.78, 5) is 94.8. The average Bonchev–Trinajstić information content (AvgIpc) is 3.85. The molecule has 1 saturated carbocycles. The number of aryl methyl sites for hydroxylation is 2. The zero-order valence-corrected chi connectivity index (χ0v) is 38.1. The van der Waals surface area contributed by atoms with E-state index < -0.39 is 56.6 Å². The number of fused-ring (bicyclic) bond motifs is 2. The molecular weight excluding hydrogens is 857 g/mol. The molecule has 3 aliphatic rings. The minimum absolute atomic E-state index is 0.0793. The molecule has 6 N–H and O–H groups in total. The second kappa shape index (κ2) is 18.9. The lowest BCUT2D eigenvalue weighted by Crippen LogP contribution is -2.52. The molecule has 7 rings (SSSR count). The zero-order valence-electron chi connectivity index (χ0n) is 37.3. The van der Waals surface area contributed by atoms with Crippen molar-refractivity contribution >= 4 is 62.1 Å². The Balaban J connectivity index is 1.08. The second-order valence-electron chi connectivity index (χ2n) is 18.1. The summed E-state index contributed by atoms with van der Waals surface area (Å²) in [6.45, 7) is 6.56. The van der Waals surface area contributed by atoms with Crippen LogP contribution >= 0.6 is 0 Å². The monoisotopic (exact) mass is 912 g/mol. The topological polar surface area (TPSA) is 247 Å². The molecule has 6 amide bonds. The van der Waals surface area contributed by atoms with E-state index >= 15 is 0 Å². The molecule has 0 spiro atoms. The predicted octanol–water partition coefficient (Wildman–Crippen LogP) is 3.67. The number of alkyl carbamates (subject to hydrolysis) is 1. The number of ether oxygens (including phenoxy) is 1. The normalized spacial score (nSPS) is 16.3. The lowest BCUT2D eigenvalue weighted by atomic mass is 9.95. The highest BCUT2D eigenvalue weighted by Gasteiger charge is 2.39. The number of imide groups is 1. The minimum atomic E-state index is -3.65. The van der Waals surface area contributed by atoms with Gasteiger partial charge in [-0.1, -0.05) is 12.1 Å². The Morgan fingerprint density at radius 1 is 0.877 bits per heavy atom. The van der Waals surface area contributed by atoms with E-state index in [1.807, 2.05) is 12.1 Å². The van der Waals surface area contributed by atoms with Gasteiger partial charge >= 0.3 is 6.09 Å². The molecule has 0 bridgehead atoms. The molecule has 2 aromatic heterocycles. The number of aromatic nitrogens is 2. The van der Waals surface area contributed by atoms with Gasteiger partial charge in [-0.25, -0.2) is 13.2 Å². The molecule has 1 aliphatic carbocycles. The molecule has 1 saturated heterocycles. The third-order valence-corrected chi connectivity index (χ3v) is 12.4. The van der Waals surface area contributed by atoms with Gasteiger partial charge in [0.2, 0.25) is 11.8 Å². The number of nitrogens with zero attached hydrogens (tertiary/aromatic N) is 2. The number of nitrogens with one attached hydrogen (secondary N) is 6. The number of hydrogen-bond acceptors (Lipinski definition) is 11. The first-order valence-electron chi connectivity index (χ1n) is 21.9. The number of pyridine rings is 1. The minimum Gasteiger partial charge on any atom is -0.444 e. The molecular formula is C46H56N8O10S. The molecule has 18 nitrogen and oxygen atoms in total. The number of unbranched alkanes of at least 4 members (excludes halogenated alkanes) is 1. The number of H-pyrrole nitrogens is 1. The highest BCUT2D eigenvalue weighted by Crippen LogP contribution is 2.38. The summed E-state index contributed by atoms with van der Waals surface area (Å²) in [6.07, 6.45) is 6.46.